The van der Waals surface area contributed by atoms with Crippen molar-refractivity contribution in [1.82, 2.24) is 9.62 Å². The highest BCUT2D eigenvalue weighted by molar-refractivity contribution is 7.89. The molecule has 0 amide bonds. The van der Waals surface area contributed by atoms with Crippen molar-refractivity contribution in [3.8, 4) is 0 Å². The Balaban J connectivity index is 2.02. The van der Waals surface area contributed by atoms with Gasteiger partial charge >= 0.3 is 0 Å². The minimum atomic E-state index is -3.49. The summed E-state index contributed by atoms with van der Waals surface area (Å²) < 4.78 is 39.4. The molecule has 1 aliphatic rings. The van der Waals surface area contributed by atoms with Crippen LogP contribution in [0.25, 0.3) is 0 Å². The summed E-state index contributed by atoms with van der Waals surface area (Å²) in [6.07, 6.45) is 1.71. The van der Waals surface area contributed by atoms with Gasteiger partial charge < -0.3 is 5.32 Å². The molecular formula is C15H23FN2O2S. The van der Waals surface area contributed by atoms with Crippen LogP contribution < -0.4 is 5.32 Å². The lowest BCUT2D eigenvalue weighted by Gasteiger charge is -2.34. The molecule has 0 aliphatic carbocycles. The van der Waals surface area contributed by atoms with E-state index in [2.05, 4.69) is 19.2 Å². The van der Waals surface area contributed by atoms with Gasteiger partial charge in [-0.25, -0.2) is 12.8 Å². The zero-order valence-electron chi connectivity index (χ0n) is 12.5. The summed E-state index contributed by atoms with van der Waals surface area (Å²) in [5, 5.41) is 3.40. The van der Waals surface area contributed by atoms with E-state index in [4.69, 9.17) is 0 Å². The van der Waals surface area contributed by atoms with Crippen LogP contribution >= 0.6 is 0 Å². The van der Waals surface area contributed by atoms with Crippen molar-refractivity contribution < 1.29 is 12.8 Å². The van der Waals surface area contributed by atoms with E-state index in [9.17, 15) is 12.8 Å². The summed E-state index contributed by atoms with van der Waals surface area (Å²) in [5.74, 6) is 0.0803. The van der Waals surface area contributed by atoms with E-state index < -0.39 is 15.8 Å². The summed E-state index contributed by atoms with van der Waals surface area (Å²) in [5.41, 5.74) is 0. The third-order valence-corrected chi connectivity index (χ3v) is 6.10. The molecule has 4 nitrogen and oxygen atoms in total. The normalized spacial score (nSPS) is 19.6. The van der Waals surface area contributed by atoms with Gasteiger partial charge in [0.15, 0.2) is 0 Å². The molecule has 1 N–H and O–H groups in total. The summed E-state index contributed by atoms with van der Waals surface area (Å²) >= 11 is 0. The number of nitrogens with zero attached hydrogens (tertiary/aromatic N) is 1. The second-order valence-electron chi connectivity index (χ2n) is 5.54. The second kappa shape index (κ2) is 6.85. The highest BCUT2D eigenvalue weighted by atomic mass is 32.2. The van der Waals surface area contributed by atoms with Crippen LogP contribution in [0.4, 0.5) is 4.39 Å². The average molecular weight is 314 g/mol. The van der Waals surface area contributed by atoms with Crippen molar-refractivity contribution in [1.29, 1.82) is 0 Å². The van der Waals surface area contributed by atoms with Gasteiger partial charge in [0.1, 0.15) is 5.82 Å². The van der Waals surface area contributed by atoms with Crippen LogP contribution in [0.1, 0.15) is 26.7 Å². The molecule has 1 saturated heterocycles. The zero-order valence-corrected chi connectivity index (χ0v) is 13.4. The monoisotopic (exact) mass is 314 g/mol. The molecule has 1 unspecified atom stereocenters. The third-order valence-electron chi connectivity index (χ3n) is 4.18. The SMILES string of the molecule is CCNC(C)C1CCN(S(=O)(=O)c2ccc(F)cc2)CC1. The van der Waals surface area contributed by atoms with Crippen LogP contribution in [0.2, 0.25) is 0 Å². The fraction of sp³-hybridized carbons (Fsp3) is 0.600. The van der Waals surface area contributed by atoms with Gasteiger partial charge in [-0.05, 0) is 56.5 Å². The Kier molecular flexibility index (Phi) is 5.35. The predicted octanol–water partition coefficient (Wildman–Crippen LogP) is 2.22. The van der Waals surface area contributed by atoms with Gasteiger partial charge in [-0.3, -0.25) is 0 Å². The van der Waals surface area contributed by atoms with Crippen LogP contribution in [0, 0.1) is 11.7 Å². The van der Waals surface area contributed by atoms with E-state index in [0.29, 0.717) is 25.0 Å². The van der Waals surface area contributed by atoms with Gasteiger partial charge in [-0.15, -0.1) is 0 Å². The number of hydrogen-bond acceptors (Lipinski definition) is 3. The molecule has 2 rings (SSSR count). The largest absolute Gasteiger partial charge is 0.314 e. The lowest BCUT2D eigenvalue weighted by atomic mass is 9.91. The molecule has 21 heavy (non-hydrogen) atoms. The van der Waals surface area contributed by atoms with Crippen LogP contribution in [0.5, 0.6) is 0 Å². The van der Waals surface area contributed by atoms with Crippen molar-refractivity contribution >= 4 is 10.0 Å². The van der Waals surface area contributed by atoms with Crippen molar-refractivity contribution in [3.05, 3.63) is 30.1 Å². The number of sulfonamides is 1. The fourth-order valence-corrected chi connectivity index (χ4v) is 4.33. The maximum atomic E-state index is 12.9. The first-order valence-electron chi connectivity index (χ1n) is 7.44. The number of hydrogen-bond donors (Lipinski definition) is 1. The van der Waals surface area contributed by atoms with E-state index in [0.717, 1.165) is 19.4 Å². The van der Waals surface area contributed by atoms with Crippen molar-refractivity contribution in [2.45, 2.75) is 37.6 Å². The smallest absolute Gasteiger partial charge is 0.243 e. The molecule has 0 aromatic heterocycles. The third kappa shape index (κ3) is 3.81. The highest BCUT2D eigenvalue weighted by Gasteiger charge is 2.31. The van der Waals surface area contributed by atoms with Crippen LogP contribution in [-0.2, 0) is 10.0 Å². The number of rotatable bonds is 5. The fourth-order valence-electron chi connectivity index (χ4n) is 2.86. The van der Waals surface area contributed by atoms with Gasteiger partial charge in [0.25, 0.3) is 0 Å². The first-order valence-corrected chi connectivity index (χ1v) is 8.88. The molecule has 6 heteroatoms. The molecule has 1 atom stereocenters. The Morgan fingerprint density at radius 3 is 2.38 bits per heavy atom. The minimum Gasteiger partial charge on any atom is -0.314 e. The Labute approximate surface area is 126 Å². The van der Waals surface area contributed by atoms with E-state index in [1.54, 1.807) is 0 Å². The zero-order chi connectivity index (χ0) is 15.5. The van der Waals surface area contributed by atoms with Gasteiger partial charge in [0.05, 0.1) is 4.90 Å². The van der Waals surface area contributed by atoms with E-state index in [1.807, 2.05) is 0 Å². The maximum absolute atomic E-state index is 12.9. The second-order valence-corrected chi connectivity index (χ2v) is 7.48. The van der Waals surface area contributed by atoms with Crippen molar-refractivity contribution in [2.24, 2.45) is 5.92 Å². The van der Waals surface area contributed by atoms with Crippen molar-refractivity contribution in [3.63, 3.8) is 0 Å². The van der Waals surface area contributed by atoms with Gasteiger partial charge in [0.2, 0.25) is 10.0 Å². The lowest BCUT2D eigenvalue weighted by molar-refractivity contribution is 0.233. The van der Waals surface area contributed by atoms with Crippen LogP contribution in [-0.4, -0.2) is 38.4 Å². The topological polar surface area (TPSA) is 49.4 Å². The Hall–Kier alpha value is -0.980. The van der Waals surface area contributed by atoms with E-state index >= 15 is 0 Å². The molecule has 118 valence electrons. The molecule has 1 fully saturated rings. The maximum Gasteiger partial charge on any atom is 0.243 e. The minimum absolute atomic E-state index is 0.169. The summed E-state index contributed by atoms with van der Waals surface area (Å²) in [6.45, 7) is 6.21. The van der Waals surface area contributed by atoms with Gasteiger partial charge in [-0.1, -0.05) is 6.92 Å². The molecule has 0 saturated carbocycles. The predicted molar refractivity (Wildman–Crippen MR) is 81.0 cm³/mol. The quantitative estimate of drug-likeness (QED) is 0.906. The van der Waals surface area contributed by atoms with Crippen molar-refractivity contribution in [2.75, 3.05) is 19.6 Å². The molecule has 1 aromatic rings. The number of piperidine rings is 1. The highest BCUT2D eigenvalue weighted by Crippen LogP contribution is 2.25. The van der Waals surface area contributed by atoms with Crippen LogP contribution in [0.3, 0.4) is 0 Å². The lowest BCUT2D eigenvalue weighted by Crippen LogP contribution is -2.44. The first-order chi connectivity index (χ1) is 9.95. The molecule has 1 heterocycles. The van der Waals surface area contributed by atoms with Gasteiger partial charge in [-0.2, -0.15) is 4.31 Å². The Bertz CT molecular complexity index is 552. The number of halogens is 1. The number of nitrogens with one attached hydrogen (secondary N) is 1. The summed E-state index contributed by atoms with van der Waals surface area (Å²) in [4.78, 5) is 0.169. The van der Waals surface area contributed by atoms with E-state index in [1.165, 1.54) is 28.6 Å². The molecule has 1 aliphatic heterocycles. The molecule has 0 bridgehead atoms. The Morgan fingerprint density at radius 1 is 1.29 bits per heavy atom. The summed E-state index contributed by atoms with van der Waals surface area (Å²) in [6, 6.07) is 5.45. The standard InChI is InChI=1S/C15H23FN2O2S/c1-3-17-12(2)13-8-10-18(11-9-13)21(19,20)15-6-4-14(16)5-7-15/h4-7,12-13,17H,3,8-11H2,1-2H3. The molecular weight excluding hydrogens is 291 g/mol. The Morgan fingerprint density at radius 2 is 1.86 bits per heavy atom. The first kappa shape index (κ1) is 16.4. The molecule has 0 radical (unpaired) electrons. The summed E-state index contributed by atoms with van der Waals surface area (Å²) in [7, 11) is -3.49. The van der Waals surface area contributed by atoms with Gasteiger partial charge in [0, 0.05) is 19.1 Å². The molecule has 1 aromatic carbocycles. The van der Waals surface area contributed by atoms with E-state index in [-0.39, 0.29) is 4.90 Å². The average Bonchev–Trinajstić information content (AvgIpc) is 2.48. The molecule has 0 spiro atoms. The van der Waals surface area contributed by atoms with Crippen LogP contribution in [0.15, 0.2) is 29.2 Å². The number of benzene rings is 1.